The third kappa shape index (κ3) is 3.19. The molecule has 0 saturated carbocycles. The molecular formula is C14H18ClNO2S. The minimum atomic E-state index is -3.26. The Bertz CT molecular complexity index is 550. The predicted octanol–water partition coefficient (Wildman–Crippen LogP) is 2.73. The summed E-state index contributed by atoms with van der Waals surface area (Å²) in [6, 6.07) is 7.00. The van der Waals surface area contributed by atoms with E-state index in [4.69, 9.17) is 11.6 Å². The molecule has 1 aliphatic heterocycles. The third-order valence-corrected chi connectivity index (χ3v) is 6.30. The second kappa shape index (κ2) is 6.07. The zero-order chi connectivity index (χ0) is 13.9. The average molecular weight is 300 g/mol. The maximum atomic E-state index is 12.7. The monoisotopic (exact) mass is 299 g/mol. The van der Waals surface area contributed by atoms with Gasteiger partial charge in [0.15, 0.2) is 9.84 Å². The molecule has 1 fully saturated rings. The average Bonchev–Trinajstić information content (AvgIpc) is 2.40. The summed E-state index contributed by atoms with van der Waals surface area (Å²) in [5, 5.41) is 2.76. The van der Waals surface area contributed by atoms with Gasteiger partial charge in [0.2, 0.25) is 0 Å². The number of halogens is 1. The Morgan fingerprint density at radius 3 is 2.63 bits per heavy atom. The summed E-state index contributed by atoms with van der Waals surface area (Å²) in [5.74, 6) is 0. The SMILES string of the molecule is C=CC(c1cccc(Cl)c1)S(=O)(=O)C1CCNCC1. The van der Waals surface area contributed by atoms with Crippen molar-refractivity contribution in [2.45, 2.75) is 23.3 Å². The van der Waals surface area contributed by atoms with Crippen LogP contribution in [0.2, 0.25) is 5.02 Å². The van der Waals surface area contributed by atoms with Gasteiger partial charge in [-0.1, -0.05) is 29.8 Å². The van der Waals surface area contributed by atoms with E-state index in [1.54, 1.807) is 24.3 Å². The molecule has 1 aliphatic rings. The van der Waals surface area contributed by atoms with Crippen molar-refractivity contribution in [3.63, 3.8) is 0 Å². The van der Waals surface area contributed by atoms with Gasteiger partial charge in [-0.15, -0.1) is 6.58 Å². The van der Waals surface area contributed by atoms with E-state index in [1.807, 2.05) is 0 Å². The molecule has 0 spiro atoms. The van der Waals surface area contributed by atoms with Crippen molar-refractivity contribution in [1.29, 1.82) is 0 Å². The van der Waals surface area contributed by atoms with Crippen molar-refractivity contribution in [3.05, 3.63) is 47.5 Å². The fraction of sp³-hybridized carbons (Fsp3) is 0.429. The minimum Gasteiger partial charge on any atom is -0.317 e. The van der Waals surface area contributed by atoms with Gasteiger partial charge >= 0.3 is 0 Å². The fourth-order valence-electron chi connectivity index (χ4n) is 2.47. The molecule has 0 aliphatic carbocycles. The smallest absolute Gasteiger partial charge is 0.163 e. The minimum absolute atomic E-state index is 0.296. The number of hydrogen-bond donors (Lipinski definition) is 1. The summed E-state index contributed by atoms with van der Waals surface area (Å²) in [6.45, 7) is 5.20. The topological polar surface area (TPSA) is 46.2 Å². The van der Waals surface area contributed by atoms with Crippen LogP contribution in [-0.2, 0) is 9.84 Å². The summed E-state index contributed by atoms with van der Waals surface area (Å²) < 4.78 is 25.4. The molecule has 5 heteroatoms. The molecule has 0 radical (unpaired) electrons. The highest BCUT2D eigenvalue weighted by Gasteiger charge is 2.34. The van der Waals surface area contributed by atoms with Crippen molar-refractivity contribution in [1.82, 2.24) is 5.32 Å². The van der Waals surface area contributed by atoms with E-state index < -0.39 is 15.1 Å². The largest absolute Gasteiger partial charge is 0.317 e. The standard InChI is InChI=1S/C14H18ClNO2S/c1-2-14(11-4-3-5-12(15)10-11)19(17,18)13-6-8-16-9-7-13/h2-5,10,13-14,16H,1,6-9H2. The molecule has 1 unspecified atom stereocenters. The summed E-state index contributed by atoms with van der Waals surface area (Å²) in [5.41, 5.74) is 0.695. The van der Waals surface area contributed by atoms with Crippen LogP contribution in [0.3, 0.4) is 0 Å². The predicted molar refractivity (Wildman–Crippen MR) is 79.2 cm³/mol. The zero-order valence-electron chi connectivity index (χ0n) is 10.7. The highest BCUT2D eigenvalue weighted by atomic mass is 35.5. The van der Waals surface area contributed by atoms with Gasteiger partial charge in [-0.2, -0.15) is 0 Å². The van der Waals surface area contributed by atoms with E-state index in [0.29, 0.717) is 23.4 Å². The Labute approximate surface area is 119 Å². The van der Waals surface area contributed by atoms with E-state index in [1.165, 1.54) is 6.08 Å². The van der Waals surface area contributed by atoms with Crippen LogP contribution in [0.5, 0.6) is 0 Å². The van der Waals surface area contributed by atoms with Crippen LogP contribution in [0.1, 0.15) is 23.7 Å². The van der Waals surface area contributed by atoms with Gasteiger partial charge in [0.1, 0.15) is 5.25 Å². The van der Waals surface area contributed by atoms with Crippen LogP contribution in [0.25, 0.3) is 0 Å². The molecule has 1 aromatic carbocycles. The van der Waals surface area contributed by atoms with Gasteiger partial charge in [0, 0.05) is 5.02 Å². The normalized spacial score (nSPS) is 19.0. The number of benzene rings is 1. The first-order chi connectivity index (χ1) is 9.05. The second-order valence-corrected chi connectivity index (χ2v) is 7.54. The number of hydrogen-bond acceptors (Lipinski definition) is 3. The number of piperidine rings is 1. The van der Waals surface area contributed by atoms with Crippen LogP contribution in [-0.4, -0.2) is 26.8 Å². The molecule has 0 aromatic heterocycles. The molecule has 104 valence electrons. The maximum absolute atomic E-state index is 12.7. The molecule has 1 aromatic rings. The van der Waals surface area contributed by atoms with Gasteiger partial charge in [0.05, 0.1) is 5.25 Å². The van der Waals surface area contributed by atoms with Crippen molar-refractivity contribution in [2.24, 2.45) is 0 Å². The van der Waals surface area contributed by atoms with Gasteiger partial charge < -0.3 is 5.32 Å². The fourth-order valence-corrected chi connectivity index (χ4v) is 4.78. The highest BCUT2D eigenvalue weighted by molar-refractivity contribution is 7.92. The van der Waals surface area contributed by atoms with Crippen LogP contribution < -0.4 is 5.32 Å². The Balaban J connectivity index is 2.32. The van der Waals surface area contributed by atoms with E-state index in [9.17, 15) is 8.42 Å². The van der Waals surface area contributed by atoms with Gasteiger partial charge in [0.25, 0.3) is 0 Å². The Morgan fingerprint density at radius 2 is 2.05 bits per heavy atom. The maximum Gasteiger partial charge on any atom is 0.163 e. The molecule has 19 heavy (non-hydrogen) atoms. The molecule has 1 atom stereocenters. The number of sulfone groups is 1. The van der Waals surface area contributed by atoms with Crippen LogP contribution in [0, 0.1) is 0 Å². The van der Waals surface area contributed by atoms with Crippen molar-refractivity contribution in [3.8, 4) is 0 Å². The summed E-state index contributed by atoms with van der Waals surface area (Å²) >= 11 is 5.94. The first kappa shape index (κ1) is 14.6. The first-order valence-corrected chi connectivity index (χ1v) is 8.36. The second-order valence-electron chi connectivity index (χ2n) is 4.75. The lowest BCUT2D eigenvalue weighted by Gasteiger charge is -2.26. The van der Waals surface area contributed by atoms with Crippen LogP contribution in [0.4, 0.5) is 0 Å². The van der Waals surface area contributed by atoms with E-state index in [-0.39, 0.29) is 5.25 Å². The van der Waals surface area contributed by atoms with Gasteiger partial charge in [-0.25, -0.2) is 8.42 Å². The molecule has 0 bridgehead atoms. The Hall–Kier alpha value is -0.840. The lowest BCUT2D eigenvalue weighted by Crippen LogP contribution is -2.37. The quantitative estimate of drug-likeness (QED) is 0.870. The molecule has 2 rings (SSSR count). The summed E-state index contributed by atoms with van der Waals surface area (Å²) in [7, 11) is -3.26. The summed E-state index contributed by atoms with van der Waals surface area (Å²) in [6.07, 6.45) is 2.82. The molecule has 1 saturated heterocycles. The Kier molecular flexibility index (Phi) is 4.66. The lowest BCUT2D eigenvalue weighted by atomic mass is 10.1. The van der Waals surface area contributed by atoms with E-state index >= 15 is 0 Å². The van der Waals surface area contributed by atoms with Crippen molar-refractivity contribution in [2.75, 3.05) is 13.1 Å². The zero-order valence-corrected chi connectivity index (χ0v) is 12.3. The van der Waals surface area contributed by atoms with Crippen LogP contribution >= 0.6 is 11.6 Å². The molecule has 1 N–H and O–H groups in total. The van der Waals surface area contributed by atoms with Gasteiger partial charge in [-0.05, 0) is 43.6 Å². The molecule has 3 nitrogen and oxygen atoms in total. The van der Waals surface area contributed by atoms with Crippen molar-refractivity contribution < 1.29 is 8.42 Å². The lowest BCUT2D eigenvalue weighted by molar-refractivity contribution is 0.493. The summed E-state index contributed by atoms with van der Waals surface area (Å²) in [4.78, 5) is 0. The first-order valence-electron chi connectivity index (χ1n) is 6.37. The van der Waals surface area contributed by atoms with Gasteiger partial charge in [-0.3, -0.25) is 0 Å². The number of rotatable bonds is 4. The highest BCUT2D eigenvalue weighted by Crippen LogP contribution is 2.31. The van der Waals surface area contributed by atoms with E-state index in [2.05, 4.69) is 11.9 Å². The molecular weight excluding hydrogens is 282 g/mol. The number of nitrogens with one attached hydrogen (secondary N) is 1. The van der Waals surface area contributed by atoms with Crippen molar-refractivity contribution >= 4 is 21.4 Å². The third-order valence-electron chi connectivity index (χ3n) is 3.50. The molecule has 0 amide bonds. The van der Waals surface area contributed by atoms with E-state index in [0.717, 1.165) is 13.1 Å². The van der Waals surface area contributed by atoms with Crippen LogP contribution in [0.15, 0.2) is 36.9 Å². The molecule has 1 heterocycles. The Morgan fingerprint density at radius 1 is 1.37 bits per heavy atom.